The van der Waals surface area contributed by atoms with Crippen molar-refractivity contribution in [1.82, 2.24) is 24.4 Å². The number of hydrogen-bond donors (Lipinski definition) is 1. The molecule has 1 N–H and O–H groups in total. The normalized spacial score (nSPS) is 20.5. The molecule has 5 rings (SSSR count). The molecule has 1 aliphatic carbocycles. The summed E-state index contributed by atoms with van der Waals surface area (Å²) in [6, 6.07) is 4.68. The highest BCUT2D eigenvalue weighted by molar-refractivity contribution is 5.87. The fourth-order valence-electron chi connectivity index (χ4n) is 3.95. The van der Waals surface area contributed by atoms with Crippen LogP contribution in [-0.4, -0.2) is 37.7 Å². The van der Waals surface area contributed by atoms with Gasteiger partial charge in [-0.3, -0.25) is 4.79 Å². The van der Waals surface area contributed by atoms with Crippen molar-refractivity contribution in [3.8, 4) is 17.0 Å². The minimum atomic E-state index is -0.0644. The first kappa shape index (κ1) is 17.3. The molecular weight excluding hydrogens is 354 g/mol. The van der Waals surface area contributed by atoms with E-state index in [2.05, 4.69) is 32.0 Å². The van der Waals surface area contributed by atoms with Crippen LogP contribution in [0.5, 0.6) is 5.75 Å². The molecule has 2 aliphatic rings. The van der Waals surface area contributed by atoms with E-state index in [9.17, 15) is 4.79 Å². The highest BCUT2D eigenvalue weighted by Crippen LogP contribution is 2.41. The number of carbonyl (C=O) groups excluding carboxylic acids is 1. The number of nitrogens with one attached hydrogen (secondary N) is 1. The molecule has 28 heavy (non-hydrogen) atoms. The Labute approximate surface area is 163 Å². The predicted octanol–water partition coefficient (Wildman–Crippen LogP) is 2.98. The van der Waals surface area contributed by atoms with Crippen LogP contribution in [-0.2, 0) is 11.8 Å². The maximum Gasteiger partial charge on any atom is 0.220 e. The third-order valence-corrected chi connectivity index (χ3v) is 5.96. The number of fused-ring (bicyclic) bond motifs is 1. The van der Waals surface area contributed by atoms with Gasteiger partial charge in [0, 0.05) is 43.7 Å². The second-order valence-corrected chi connectivity index (χ2v) is 8.10. The monoisotopic (exact) mass is 379 g/mol. The van der Waals surface area contributed by atoms with Crippen LogP contribution in [0.1, 0.15) is 38.1 Å². The zero-order valence-corrected chi connectivity index (χ0v) is 16.5. The lowest BCUT2D eigenvalue weighted by Crippen LogP contribution is -2.25. The summed E-state index contributed by atoms with van der Waals surface area (Å²) >= 11 is 0. The minimum Gasteiger partial charge on any atom is -0.488 e. The van der Waals surface area contributed by atoms with E-state index in [4.69, 9.17) is 4.74 Å². The zero-order chi connectivity index (χ0) is 19.4. The van der Waals surface area contributed by atoms with Gasteiger partial charge in [-0.1, -0.05) is 0 Å². The van der Waals surface area contributed by atoms with E-state index in [1.54, 1.807) is 0 Å². The van der Waals surface area contributed by atoms with Crippen LogP contribution in [0.3, 0.4) is 0 Å². The van der Waals surface area contributed by atoms with Crippen LogP contribution >= 0.6 is 0 Å². The first-order chi connectivity index (χ1) is 13.5. The van der Waals surface area contributed by atoms with Gasteiger partial charge in [-0.2, -0.15) is 0 Å². The predicted molar refractivity (Wildman–Crippen MR) is 106 cm³/mol. The Hall–Kier alpha value is -2.83. The number of nitrogens with zero attached hydrogens (tertiary/aromatic N) is 4. The average molecular weight is 379 g/mol. The Morgan fingerprint density at radius 1 is 1.32 bits per heavy atom. The third-order valence-electron chi connectivity index (χ3n) is 5.96. The van der Waals surface area contributed by atoms with Crippen LogP contribution in [0.2, 0.25) is 0 Å². The minimum absolute atomic E-state index is 0.0644. The molecule has 2 aromatic heterocycles. The largest absolute Gasteiger partial charge is 0.488 e. The topological polar surface area (TPSA) is 74.0 Å². The molecular formula is C21H25N5O2. The van der Waals surface area contributed by atoms with Gasteiger partial charge in [0.2, 0.25) is 5.91 Å². The summed E-state index contributed by atoms with van der Waals surface area (Å²) < 4.78 is 10.7. The van der Waals surface area contributed by atoms with Crippen molar-refractivity contribution in [2.24, 2.45) is 13.0 Å². The van der Waals surface area contributed by atoms with Crippen molar-refractivity contribution in [2.45, 2.75) is 45.3 Å². The first-order valence-electron chi connectivity index (χ1n) is 9.94. The van der Waals surface area contributed by atoms with Crippen LogP contribution in [0.15, 0.2) is 24.7 Å². The lowest BCUT2D eigenvalue weighted by molar-refractivity contribution is -0.119. The molecule has 3 heterocycles. The number of aryl methyl sites for hydroxylation is 2. The molecule has 1 aromatic carbocycles. The summed E-state index contributed by atoms with van der Waals surface area (Å²) in [5, 5.41) is 2.91. The van der Waals surface area contributed by atoms with E-state index < -0.39 is 0 Å². The van der Waals surface area contributed by atoms with Gasteiger partial charge < -0.3 is 19.2 Å². The van der Waals surface area contributed by atoms with E-state index >= 15 is 0 Å². The SMILES string of the molecule is Cc1nc(-c2cc(O[C@H](C)C3CNC(=O)C3)c3c(c2)ncn3C2CC2)cn1C. The molecule has 1 saturated heterocycles. The van der Waals surface area contributed by atoms with Crippen molar-refractivity contribution >= 4 is 16.9 Å². The molecule has 0 spiro atoms. The van der Waals surface area contributed by atoms with Crippen molar-refractivity contribution in [3.05, 3.63) is 30.5 Å². The van der Waals surface area contributed by atoms with E-state index in [1.807, 2.05) is 38.0 Å². The van der Waals surface area contributed by atoms with Crippen LogP contribution in [0.25, 0.3) is 22.3 Å². The second-order valence-electron chi connectivity index (χ2n) is 8.10. The van der Waals surface area contributed by atoms with E-state index in [1.165, 1.54) is 12.8 Å². The van der Waals surface area contributed by atoms with Gasteiger partial charge in [0.1, 0.15) is 23.2 Å². The van der Waals surface area contributed by atoms with Gasteiger partial charge in [0.25, 0.3) is 0 Å². The molecule has 0 radical (unpaired) electrons. The zero-order valence-electron chi connectivity index (χ0n) is 16.5. The number of benzene rings is 1. The van der Waals surface area contributed by atoms with E-state index in [0.29, 0.717) is 19.0 Å². The molecule has 2 atom stereocenters. The third kappa shape index (κ3) is 2.95. The van der Waals surface area contributed by atoms with Gasteiger partial charge in [-0.15, -0.1) is 0 Å². The molecule has 2 fully saturated rings. The van der Waals surface area contributed by atoms with Gasteiger partial charge in [-0.25, -0.2) is 9.97 Å². The number of hydrogen-bond acceptors (Lipinski definition) is 4. The Morgan fingerprint density at radius 3 is 2.79 bits per heavy atom. The molecule has 146 valence electrons. The van der Waals surface area contributed by atoms with Crippen LogP contribution < -0.4 is 10.1 Å². The highest BCUT2D eigenvalue weighted by Gasteiger charge is 2.30. The number of amides is 1. The Morgan fingerprint density at radius 2 is 2.14 bits per heavy atom. The fraction of sp³-hybridized carbons (Fsp3) is 0.476. The summed E-state index contributed by atoms with van der Waals surface area (Å²) in [5.74, 6) is 2.07. The van der Waals surface area contributed by atoms with Crippen molar-refractivity contribution < 1.29 is 9.53 Å². The summed E-state index contributed by atoms with van der Waals surface area (Å²) in [4.78, 5) is 20.9. The number of aromatic nitrogens is 4. The van der Waals surface area contributed by atoms with Crippen molar-refractivity contribution in [3.63, 3.8) is 0 Å². The van der Waals surface area contributed by atoms with Crippen molar-refractivity contribution in [2.75, 3.05) is 6.54 Å². The fourth-order valence-corrected chi connectivity index (χ4v) is 3.95. The van der Waals surface area contributed by atoms with Crippen LogP contribution in [0, 0.1) is 12.8 Å². The van der Waals surface area contributed by atoms with Gasteiger partial charge in [0.05, 0.1) is 17.5 Å². The molecule has 1 unspecified atom stereocenters. The number of ether oxygens (including phenoxy) is 1. The Kier molecular flexibility index (Phi) is 3.92. The molecule has 7 nitrogen and oxygen atoms in total. The number of rotatable bonds is 5. The Bertz CT molecular complexity index is 1040. The molecule has 1 aliphatic heterocycles. The molecule has 0 bridgehead atoms. The molecule has 1 amide bonds. The second kappa shape index (κ2) is 6.36. The van der Waals surface area contributed by atoms with Gasteiger partial charge in [0.15, 0.2) is 0 Å². The van der Waals surface area contributed by atoms with E-state index in [0.717, 1.165) is 33.9 Å². The summed E-state index contributed by atoms with van der Waals surface area (Å²) in [5.41, 5.74) is 3.89. The molecule has 1 saturated carbocycles. The van der Waals surface area contributed by atoms with Crippen LogP contribution in [0.4, 0.5) is 0 Å². The maximum absolute atomic E-state index is 11.6. The first-order valence-corrected chi connectivity index (χ1v) is 9.94. The smallest absolute Gasteiger partial charge is 0.220 e. The summed E-state index contributed by atoms with van der Waals surface area (Å²) in [7, 11) is 2.00. The molecule has 7 heteroatoms. The quantitative estimate of drug-likeness (QED) is 0.740. The lowest BCUT2D eigenvalue weighted by atomic mass is 10.0. The summed E-state index contributed by atoms with van der Waals surface area (Å²) in [6.07, 6.45) is 6.77. The average Bonchev–Trinajstić information content (AvgIpc) is 3.10. The standard InChI is InChI=1S/C21H25N5O2/c1-12(15-8-20(27)22-9-15)28-19-7-14(18-10-25(3)13(2)24-18)6-17-21(19)26(11-23-17)16-4-5-16/h6-7,10-12,15-16H,4-5,8-9H2,1-3H3,(H,22,27)/t12-,15?/m1/s1. The molecule has 3 aromatic rings. The maximum atomic E-state index is 11.6. The lowest BCUT2D eigenvalue weighted by Gasteiger charge is -2.21. The van der Waals surface area contributed by atoms with Gasteiger partial charge in [-0.05, 0) is 38.8 Å². The highest BCUT2D eigenvalue weighted by atomic mass is 16.5. The summed E-state index contributed by atoms with van der Waals surface area (Å²) in [6.45, 7) is 4.71. The Balaban J connectivity index is 1.57. The van der Waals surface area contributed by atoms with Gasteiger partial charge >= 0.3 is 0 Å². The number of imidazole rings is 2. The van der Waals surface area contributed by atoms with Crippen molar-refractivity contribution in [1.29, 1.82) is 0 Å². The number of carbonyl (C=O) groups is 1. The van der Waals surface area contributed by atoms with E-state index in [-0.39, 0.29) is 17.9 Å².